The van der Waals surface area contributed by atoms with Crippen molar-refractivity contribution in [1.29, 1.82) is 0 Å². The van der Waals surface area contributed by atoms with Gasteiger partial charge < -0.3 is 18.9 Å². The fourth-order valence-electron chi connectivity index (χ4n) is 4.14. The van der Waals surface area contributed by atoms with Gasteiger partial charge in [0.15, 0.2) is 0 Å². The molecule has 3 aliphatic rings. The SMILES string of the molecule is CC(CC1COC(CC2CC[C@H](C)O2)CO1)[C@H](C)OC1CC=CCC1. The van der Waals surface area contributed by atoms with Gasteiger partial charge in [0.1, 0.15) is 0 Å². The van der Waals surface area contributed by atoms with Gasteiger partial charge in [0.25, 0.3) is 0 Å². The second kappa shape index (κ2) is 9.50. The first-order valence-electron chi connectivity index (χ1n) is 10.3. The molecule has 2 aliphatic heterocycles. The molecule has 25 heavy (non-hydrogen) atoms. The highest BCUT2D eigenvalue weighted by molar-refractivity contribution is 4.91. The van der Waals surface area contributed by atoms with Gasteiger partial charge in [-0.25, -0.2) is 0 Å². The van der Waals surface area contributed by atoms with Crippen LogP contribution in [0, 0.1) is 5.92 Å². The van der Waals surface area contributed by atoms with E-state index in [9.17, 15) is 0 Å². The summed E-state index contributed by atoms with van der Waals surface area (Å²) < 4.78 is 24.3. The molecule has 0 aromatic rings. The molecule has 4 nitrogen and oxygen atoms in total. The Morgan fingerprint density at radius 3 is 2.44 bits per heavy atom. The van der Waals surface area contributed by atoms with Gasteiger partial charge in [0, 0.05) is 6.42 Å². The van der Waals surface area contributed by atoms with Crippen molar-refractivity contribution in [2.24, 2.45) is 5.92 Å². The van der Waals surface area contributed by atoms with E-state index in [0.717, 1.165) is 38.5 Å². The lowest BCUT2D eigenvalue weighted by atomic mass is 9.97. The van der Waals surface area contributed by atoms with Crippen LogP contribution < -0.4 is 0 Å². The van der Waals surface area contributed by atoms with E-state index in [4.69, 9.17) is 18.9 Å². The zero-order chi connectivity index (χ0) is 17.6. The summed E-state index contributed by atoms with van der Waals surface area (Å²) in [7, 11) is 0. The average Bonchev–Trinajstić information content (AvgIpc) is 3.02. The van der Waals surface area contributed by atoms with Gasteiger partial charge in [-0.2, -0.15) is 0 Å². The molecule has 0 saturated carbocycles. The summed E-state index contributed by atoms with van der Waals surface area (Å²) in [4.78, 5) is 0. The largest absolute Gasteiger partial charge is 0.375 e. The van der Waals surface area contributed by atoms with E-state index in [2.05, 4.69) is 32.9 Å². The van der Waals surface area contributed by atoms with Crippen LogP contribution in [0.25, 0.3) is 0 Å². The van der Waals surface area contributed by atoms with Crippen molar-refractivity contribution < 1.29 is 18.9 Å². The molecule has 0 aromatic heterocycles. The fourth-order valence-corrected chi connectivity index (χ4v) is 4.14. The van der Waals surface area contributed by atoms with E-state index in [1.807, 2.05) is 0 Å². The Kier molecular flexibility index (Phi) is 7.35. The second-order valence-electron chi connectivity index (χ2n) is 8.25. The van der Waals surface area contributed by atoms with E-state index >= 15 is 0 Å². The first-order chi connectivity index (χ1) is 12.1. The van der Waals surface area contributed by atoms with Crippen LogP contribution in [0.3, 0.4) is 0 Å². The Morgan fingerprint density at radius 1 is 1.00 bits per heavy atom. The number of ether oxygens (including phenoxy) is 4. The lowest BCUT2D eigenvalue weighted by molar-refractivity contribution is -0.153. The molecule has 2 fully saturated rings. The minimum atomic E-state index is 0.199. The summed E-state index contributed by atoms with van der Waals surface area (Å²) in [5.41, 5.74) is 0. The van der Waals surface area contributed by atoms with Gasteiger partial charge in [-0.05, 0) is 58.3 Å². The molecule has 2 heterocycles. The topological polar surface area (TPSA) is 36.9 Å². The standard InChI is InChI=1S/C21H36O4/c1-15(17(3)25-18-7-5-4-6-8-18)11-20-13-23-21(14-22-20)12-19-10-9-16(2)24-19/h4-5,15-21H,6-14H2,1-3H3/t15?,16-,17-,18?,19?,20?,21?/m0/s1. The number of allylic oxidation sites excluding steroid dienone is 1. The molecular formula is C21H36O4. The zero-order valence-electron chi connectivity index (χ0n) is 16.2. The molecule has 0 amide bonds. The Morgan fingerprint density at radius 2 is 1.80 bits per heavy atom. The number of hydrogen-bond donors (Lipinski definition) is 0. The highest BCUT2D eigenvalue weighted by Crippen LogP contribution is 2.27. The normalized spacial score (nSPS) is 38.6. The van der Waals surface area contributed by atoms with Crippen LogP contribution in [0.1, 0.15) is 65.7 Å². The Hall–Kier alpha value is -0.420. The first-order valence-corrected chi connectivity index (χ1v) is 10.3. The molecule has 1 aliphatic carbocycles. The lowest BCUT2D eigenvalue weighted by Gasteiger charge is -2.34. The molecule has 0 aromatic carbocycles. The quantitative estimate of drug-likeness (QED) is 0.641. The van der Waals surface area contributed by atoms with E-state index in [0.29, 0.717) is 37.4 Å². The molecule has 0 bridgehead atoms. The smallest absolute Gasteiger partial charge is 0.0834 e. The van der Waals surface area contributed by atoms with E-state index in [1.165, 1.54) is 6.42 Å². The molecule has 144 valence electrons. The molecule has 2 saturated heterocycles. The summed E-state index contributed by atoms with van der Waals surface area (Å²) in [6.07, 6.45) is 14.0. The summed E-state index contributed by atoms with van der Waals surface area (Å²) >= 11 is 0. The molecule has 4 heteroatoms. The Bertz CT molecular complexity index is 416. The second-order valence-corrected chi connectivity index (χ2v) is 8.25. The predicted octanol–water partition coefficient (Wildman–Crippen LogP) is 4.27. The van der Waals surface area contributed by atoms with Crippen LogP contribution in [0.4, 0.5) is 0 Å². The molecule has 5 unspecified atom stereocenters. The maximum atomic E-state index is 6.25. The number of hydrogen-bond acceptors (Lipinski definition) is 4. The van der Waals surface area contributed by atoms with Crippen LogP contribution in [-0.2, 0) is 18.9 Å². The first kappa shape index (κ1) is 19.3. The zero-order valence-corrected chi connectivity index (χ0v) is 16.2. The molecule has 3 rings (SSSR count). The van der Waals surface area contributed by atoms with Gasteiger partial charge in [-0.1, -0.05) is 19.1 Å². The van der Waals surface area contributed by atoms with Crippen molar-refractivity contribution in [3.63, 3.8) is 0 Å². The van der Waals surface area contributed by atoms with Gasteiger partial charge in [0.05, 0.1) is 49.8 Å². The van der Waals surface area contributed by atoms with Crippen LogP contribution in [-0.4, -0.2) is 49.8 Å². The summed E-state index contributed by atoms with van der Waals surface area (Å²) in [6.45, 7) is 8.04. The minimum Gasteiger partial charge on any atom is -0.375 e. The van der Waals surface area contributed by atoms with Crippen molar-refractivity contribution in [1.82, 2.24) is 0 Å². The van der Waals surface area contributed by atoms with E-state index < -0.39 is 0 Å². The average molecular weight is 353 g/mol. The summed E-state index contributed by atoms with van der Waals surface area (Å²) in [5.74, 6) is 0.482. The van der Waals surface area contributed by atoms with Gasteiger partial charge >= 0.3 is 0 Å². The molecule has 0 N–H and O–H groups in total. The minimum absolute atomic E-state index is 0.199. The third kappa shape index (κ3) is 6.06. The van der Waals surface area contributed by atoms with Crippen LogP contribution >= 0.6 is 0 Å². The van der Waals surface area contributed by atoms with Crippen molar-refractivity contribution in [3.8, 4) is 0 Å². The maximum absolute atomic E-state index is 6.25. The van der Waals surface area contributed by atoms with Crippen molar-refractivity contribution in [2.45, 2.75) is 102 Å². The highest BCUT2D eigenvalue weighted by atomic mass is 16.6. The van der Waals surface area contributed by atoms with Crippen molar-refractivity contribution in [2.75, 3.05) is 13.2 Å². The van der Waals surface area contributed by atoms with Crippen molar-refractivity contribution >= 4 is 0 Å². The highest BCUT2D eigenvalue weighted by Gasteiger charge is 2.30. The Balaban J connectivity index is 1.33. The van der Waals surface area contributed by atoms with Gasteiger partial charge in [0.2, 0.25) is 0 Å². The molecule has 0 spiro atoms. The van der Waals surface area contributed by atoms with Crippen molar-refractivity contribution in [3.05, 3.63) is 12.2 Å². The maximum Gasteiger partial charge on any atom is 0.0834 e. The Labute approximate surface area is 153 Å². The summed E-state index contributed by atoms with van der Waals surface area (Å²) in [5, 5.41) is 0. The fraction of sp³-hybridized carbons (Fsp3) is 0.905. The van der Waals surface area contributed by atoms with Gasteiger partial charge in [-0.3, -0.25) is 0 Å². The number of rotatable bonds is 7. The predicted molar refractivity (Wildman–Crippen MR) is 98.8 cm³/mol. The third-order valence-electron chi connectivity index (χ3n) is 5.95. The van der Waals surface area contributed by atoms with Crippen LogP contribution in [0.2, 0.25) is 0 Å². The van der Waals surface area contributed by atoms with Gasteiger partial charge in [-0.15, -0.1) is 0 Å². The molecular weight excluding hydrogens is 316 g/mol. The lowest BCUT2D eigenvalue weighted by Crippen LogP contribution is -2.39. The van der Waals surface area contributed by atoms with Crippen LogP contribution in [0.5, 0.6) is 0 Å². The monoisotopic (exact) mass is 352 g/mol. The van der Waals surface area contributed by atoms with E-state index in [1.54, 1.807) is 0 Å². The van der Waals surface area contributed by atoms with Crippen LogP contribution in [0.15, 0.2) is 12.2 Å². The molecule has 0 radical (unpaired) electrons. The third-order valence-corrected chi connectivity index (χ3v) is 5.95. The van der Waals surface area contributed by atoms with E-state index in [-0.39, 0.29) is 18.3 Å². The molecule has 7 atom stereocenters. The summed E-state index contributed by atoms with van der Waals surface area (Å²) in [6, 6.07) is 0.